The van der Waals surface area contributed by atoms with Gasteiger partial charge >= 0.3 is 0 Å². The van der Waals surface area contributed by atoms with Crippen LogP contribution in [0.5, 0.6) is 5.75 Å². The molecule has 1 aromatic rings. The lowest BCUT2D eigenvalue weighted by Gasteiger charge is -2.08. The number of alkyl halides is 1. The molecule has 84 valence electrons. The summed E-state index contributed by atoms with van der Waals surface area (Å²) in [6, 6.07) is 5.78. The number of rotatable bonds is 6. The Hall–Kier alpha value is -0.250. The molecule has 0 heterocycles. The summed E-state index contributed by atoms with van der Waals surface area (Å²) in [5.74, 6) is 1.30. The molecule has 0 spiro atoms. The zero-order valence-electron chi connectivity index (χ0n) is 8.63. The fourth-order valence-electron chi connectivity index (χ4n) is 1.11. The van der Waals surface area contributed by atoms with Crippen LogP contribution < -0.4 is 4.74 Å². The van der Waals surface area contributed by atoms with Gasteiger partial charge in [0.2, 0.25) is 0 Å². The molecule has 2 nitrogen and oxygen atoms in total. The molecule has 0 aromatic heterocycles. The van der Waals surface area contributed by atoms with E-state index in [1.807, 2.05) is 25.1 Å². The SMILES string of the molecule is CCOCCOc1ccc(Br)c(CCl)c1. The van der Waals surface area contributed by atoms with Crippen LogP contribution in [0.3, 0.4) is 0 Å². The molecular weight excluding hydrogens is 279 g/mol. The van der Waals surface area contributed by atoms with E-state index in [1.54, 1.807) is 0 Å². The van der Waals surface area contributed by atoms with Crippen molar-refractivity contribution in [1.82, 2.24) is 0 Å². The van der Waals surface area contributed by atoms with Crippen molar-refractivity contribution in [2.24, 2.45) is 0 Å². The normalized spacial score (nSPS) is 10.3. The molecule has 1 rings (SSSR count). The number of ether oxygens (including phenoxy) is 2. The van der Waals surface area contributed by atoms with Gasteiger partial charge in [0.15, 0.2) is 0 Å². The Morgan fingerprint density at radius 2 is 2.13 bits per heavy atom. The minimum absolute atomic E-state index is 0.475. The van der Waals surface area contributed by atoms with E-state index in [1.165, 1.54) is 0 Å². The van der Waals surface area contributed by atoms with Crippen LogP contribution in [0.4, 0.5) is 0 Å². The van der Waals surface area contributed by atoms with Crippen LogP contribution >= 0.6 is 27.5 Å². The van der Waals surface area contributed by atoms with Gasteiger partial charge in [0.05, 0.1) is 6.61 Å². The average molecular weight is 294 g/mol. The van der Waals surface area contributed by atoms with Crippen molar-refractivity contribution in [3.63, 3.8) is 0 Å². The summed E-state index contributed by atoms with van der Waals surface area (Å²) in [5, 5.41) is 0. The molecule has 0 bridgehead atoms. The molecule has 15 heavy (non-hydrogen) atoms. The second-order valence-corrected chi connectivity index (χ2v) is 4.05. The van der Waals surface area contributed by atoms with Crippen LogP contribution in [-0.2, 0) is 10.6 Å². The topological polar surface area (TPSA) is 18.5 Å². The minimum Gasteiger partial charge on any atom is -0.491 e. The lowest BCUT2D eigenvalue weighted by atomic mass is 10.2. The summed E-state index contributed by atoms with van der Waals surface area (Å²) in [5.41, 5.74) is 1.03. The molecular formula is C11H14BrClO2. The van der Waals surface area contributed by atoms with E-state index in [9.17, 15) is 0 Å². The van der Waals surface area contributed by atoms with Gasteiger partial charge in [0.1, 0.15) is 12.4 Å². The Morgan fingerprint density at radius 3 is 2.80 bits per heavy atom. The van der Waals surface area contributed by atoms with E-state index < -0.39 is 0 Å². The maximum Gasteiger partial charge on any atom is 0.119 e. The monoisotopic (exact) mass is 292 g/mol. The van der Waals surface area contributed by atoms with Crippen molar-refractivity contribution >= 4 is 27.5 Å². The zero-order valence-corrected chi connectivity index (χ0v) is 11.0. The highest BCUT2D eigenvalue weighted by atomic mass is 79.9. The second-order valence-electron chi connectivity index (χ2n) is 2.93. The van der Waals surface area contributed by atoms with Gasteiger partial charge in [-0.2, -0.15) is 0 Å². The summed E-state index contributed by atoms with van der Waals surface area (Å²) in [7, 11) is 0. The van der Waals surface area contributed by atoms with Crippen LogP contribution in [0, 0.1) is 0 Å². The summed E-state index contributed by atoms with van der Waals surface area (Å²) in [4.78, 5) is 0. The van der Waals surface area contributed by atoms with Gasteiger partial charge in [-0.1, -0.05) is 15.9 Å². The Morgan fingerprint density at radius 1 is 1.33 bits per heavy atom. The van der Waals surface area contributed by atoms with E-state index in [0.717, 1.165) is 22.4 Å². The standard InChI is InChI=1S/C11H14BrClO2/c1-2-14-5-6-15-10-3-4-11(12)9(7-10)8-13/h3-4,7H,2,5-6,8H2,1H3. The highest BCUT2D eigenvalue weighted by molar-refractivity contribution is 9.10. The Kier molecular flexibility index (Phi) is 6.06. The largest absolute Gasteiger partial charge is 0.491 e. The smallest absolute Gasteiger partial charge is 0.119 e. The van der Waals surface area contributed by atoms with E-state index in [-0.39, 0.29) is 0 Å². The fraction of sp³-hybridized carbons (Fsp3) is 0.455. The average Bonchev–Trinajstić information content (AvgIpc) is 2.26. The summed E-state index contributed by atoms with van der Waals surface area (Å²) >= 11 is 9.20. The van der Waals surface area contributed by atoms with Gasteiger partial charge in [-0.05, 0) is 30.7 Å². The Bertz CT molecular complexity index is 305. The molecule has 0 N–H and O–H groups in total. The van der Waals surface area contributed by atoms with Crippen molar-refractivity contribution in [2.75, 3.05) is 19.8 Å². The molecule has 4 heteroatoms. The minimum atomic E-state index is 0.475. The molecule has 0 radical (unpaired) electrons. The summed E-state index contributed by atoms with van der Waals surface area (Å²) in [6.07, 6.45) is 0. The lowest BCUT2D eigenvalue weighted by Crippen LogP contribution is -2.06. The maximum atomic E-state index is 5.78. The van der Waals surface area contributed by atoms with Crippen molar-refractivity contribution < 1.29 is 9.47 Å². The number of halogens is 2. The van der Waals surface area contributed by atoms with Crippen LogP contribution in [0.15, 0.2) is 22.7 Å². The summed E-state index contributed by atoms with van der Waals surface area (Å²) < 4.78 is 11.7. The molecule has 0 saturated heterocycles. The van der Waals surface area contributed by atoms with Gasteiger partial charge < -0.3 is 9.47 Å². The third kappa shape index (κ3) is 4.41. The van der Waals surface area contributed by atoms with Gasteiger partial charge in [-0.3, -0.25) is 0 Å². The van der Waals surface area contributed by atoms with Crippen molar-refractivity contribution in [1.29, 1.82) is 0 Å². The maximum absolute atomic E-state index is 5.78. The number of benzene rings is 1. The molecule has 0 aliphatic carbocycles. The van der Waals surface area contributed by atoms with Crippen LogP contribution in [0.25, 0.3) is 0 Å². The first kappa shape index (κ1) is 12.8. The predicted molar refractivity (Wildman–Crippen MR) is 65.7 cm³/mol. The van der Waals surface area contributed by atoms with Gasteiger partial charge in [0, 0.05) is 17.0 Å². The summed E-state index contributed by atoms with van der Waals surface area (Å²) in [6.45, 7) is 3.86. The highest BCUT2D eigenvalue weighted by Crippen LogP contribution is 2.23. The molecule has 1 aromatic carbocycles. The van der Waals surface area contributed by atoms with Crippen LogP contribution in [0.2, 0.25) is 0 Å². The van der Waals surface area contributed by atoms with Gasteiger partial charge in [-0.25, -0.2) is 0 Å². The second kappa shape index (κ2) is 7.09. The van der Waals surface area contributed by atoms with Crippen LogP contribution in [0.1, 0.15) is 12.5 Å². The highest BCUT2D eigenvalue weighted by Gasteiger charge is 2.01. The molecule has 0 amide bonds. The van der Waals surface area contributed by atoms with E-state index in [2.05, 4.69) is 15.9 Å². The lowest BCUT2D eigenvalue weighted by molar-refractivity contribution is 0.110. The first-order valence-electron chi connectivity index (χ1n) is 4.83. The van der Waals surface area contributed by atoms with Gasteiger partial charge in [-0.15, -0.1) is 11.6 Å². The number of hydrogen-bond acceptors (Lipinski definition) is 2. The first-order chi connectivity index (χ1) is 7.27. The fourth-order valence-corrected chi connectivity index (χ4v) is 1.88. The molecule has 0 unspecified atom stereocenters. The van der Waals surface area contributed by atoms with E-state index in [0.29, 0.717) is 19.1 Å². The van der Waals surface area contributed by atoms with E-state index in [4.69, 9.17) is 21.1 Å². The third-order valence-corrected chi connectivity index (χ3v) is 2.92. The Balaban J connectivity index is 2.47. The zero-order chi connectivity index (χ0) is 11.1. The predicted octanol–water partition coefficient (Wildman–Crippen LogP) is 3.60. The first-order valence-corrected chi connectivity index (χ1v) is 6.15. The molecule has 0 saturated carbocycles. The van der Waals surface area contributed by atoms with Gasteiger partial charge in [0.25, 0.3) is 0 Å². The molecule has 0 fully saturated rings. The molecule has 0 aliphatic heterocycles. The van der Waals surface area contributed by atoms with Crippen LogP contribution in [-0.4, -0.2) is 19.8 Å². The molecule has 0 atom stereocenters. The number of hydrogen-bond donors (Lipinski definition) is 0. The Labute approximate surface area is 104 Å². The third-order valence-electron chi connectivity index (χ3n) is 1.86. The van der Waals surface area contributed by atoms with Crippen molar-refractivity contribution in [3.05, 3.63) is 28.2 Å². The quantitative estimate of drug-likeness (QED) is 0.589. The van der Waals surface area contributed by atoms with Crippen molar-refractivity contribution in [2.45, 2.75) is 12.8 Å². The molecule has 0 aliphatic rings. The van der Waals surface area contributed by atoms with Crippen molar-refractivity contribution in [3.8, 4) is 5.75 Å². The van der Waals surface area contributed by atoms with E-state index >= 15 is 0 Å².